The molecule has 0 atom stereocenters. The lowest BCUT2D eigenvalue weighted by Gasteiger charge is -2.23. The van der Waals surface area contributed by atoms with E-state index in [0.717, 1.165) is 43.9 Å². The molecule has 0 radical (unpaired) electrons. The zero-order chi connectivity index (χ0) is 19.7. The van der Waals surface area contributed by atoms with Gasteiger partial charge < -0.3 is 14.4 Å². The van der Waals surface area contributed by atoms with Gasteiger partial charge in [0, 0.05) is 50.9 Å². The molecule has 1 aromatic heterocycles. The smallest absolute Gasteiger partial charge is 0.254 e. The summed E-state index contributed by atoms with van der Waals surface area (Å²) in [6, 6.07) is 5.43. The van der Waals surface area contributed by atoms with E-state index in [1.54, 1.807) is 10.7 Å². The number of rotatable bonds is 3. The molecule has 1 aromatic carbocycles. The second-order valence-electron chi connectivity index (χ2n) is 7.26. The molecule has 3 heterocycles. The Hall–Kier alpha value is -2.25. The van der Waals surface area contributed by atoms with Crippen LogP contribution in [0, 0.1) is 6.92 Å². The molecule has 0 bridgehead atoms. The summed E-state index contributed by atoms with van der Waals surface area (Å²) >= 11 is 6.38. The summed E-state index contributed by atoms with van der Waals surface area (Å²) in [6.07, 6.45) is 0.924. The number of carbonyl (C=O) groups is 1. The molecule has 8 heteroatoms. The van der Waals surface area contributed by atoms with Crippen molar-refractivity contribution in [1.82, 2.24) is 19.6 Å². The van der Waals surface area contributed by atoms with Crippen molar-refractivity contribution in [2.24, 2.45) is 7.05 Å². The van der Waals surface area contributed by atoms with Crippen LogP contribution in [0.1, 0.15) is 28.0 Å². The van der Waals surface area contributed by atoms with Crippen molar-refractivity contribution in [3.05, 3.63) is 40.2 Å². The quantitative estimate of drug-likeness (QED) is 0.786. The molecule has 2 aromatic rings. The van der Waals surface area contributed by atoms with E-state index in [2.05, 4.69) is 10.00 Å². The van der Waals surface area contributed by atoms with Gasteiger partial charge in [0.15, 0.2) is 11.5 Å². The van der Waals surface area contributed by atoms with Crippen LogP contribution in [0.2, 0.25) is 5.15 Å². The first-order chi connectivity index (χ1) is 13.5. The molecule has 2 aliphatic rings. The average Bonchev–Trinajstić information content (AvgIpc) is 2.88. The summed E-state index contributed by atoms with van der Waals surface area (Å²) in [5.74, 6) is 1.39. The van der Waals surface area contributed by atoms with Crippen molar-refractivity contribution in [3.8, 4) is 11.5 Å². The number of hydrogen-bond donors (Lipinski definition) is 0. The molecule has 150 valence electrons. The largest absolute Gasteiger partial charge is 0.486 e. The van der Waals surface area contributed by atoms with Crippen molar-refractivity contribution in [2.45, 2.75) is 19.9 Å². The summed E-state index contributed by atoms with van der Waals surface area (Å²) in [6.45, 7) is 6.95. The number of nitrogens with zero attached hydrogens (tertiary/aromatic N) is 4. The number of benzene rings is 1. The van der Waals surface area contributed by atoms with Crippen LogP contribution in [0.4, 0.5) is 0 Å². The number of aromatic nitrogens is 2. The van der Waals surface area contributed by atoms with Gasteiger partial charge in [-0.15, -0.1) is 0 Å². The minimum Gasteiger partial charge on any atom is -0.486 e. The van der Waals surface area contributed by atoms with Crippen LogP contribution in [-0.2, 0) is 13.6 Å². The number of ether oxygens (including phenoxy) is 2. The highest BCUT2D eigenvalue weighted by Crippen LogP contribution is 2.31. The molecule has 0 N–H and O–H groups in total. The van der Waals surface area contributed by atoms with Gasteiger partial charge in [-0.25, -0.2) is 0 Å². The van der Waals surface area contributed by atoms with Gasteiger partial charge in [0.25, 0.3) is 5.91 Å². The molecule has 0 saturated carbocycles. The predicted octanol–water partition coefficient (Wildman–Crippen LogP) is 2.50. The third-order valence-corrected chi connectivity index (χ3v) is 5.79. The summed E-state index contributed by atoms with van der Waals surface area (Å²) in [4.78, 5) is 17.3. The van der Waals surface area contributed by atoms with Crippen LogP contribution in [0.25, 0.3) is 0 Å². The molecule has 2 aliphatic heterocycles. The highest BCUT2D eigenvalue weighted by molar-refractivity contribution is 6.30. The van der Waals surface area contributed by atoms with E-state index in [9.17, 15) is 4.79 Å². The maximum Gasteiger partial charge on any atom is 0.254 e. The number of hydrogen-bond acceptors (Lipinski definition) is 5. The summed E-state index contributed by atoms with van der Waals surface area (Å²) < 4.78 is 12.9. The molecule has 1 amide bonds. The molecule has 4 rings (SSSR count). The number of carbonyl (C=O) groups excluding carboxylic acids is 1. The average molecular weight is 405 g/mol. The number of aryl methyl sites for hydroxylation is 2. The Morgan fingerprint density at radius 3 is 2.68 bits per heavy atom. The van der Waals surface area contributed by atoms with Gasteiger partial charge in [-0.05, 0) is 31.5 Å². The van der Waals surface area contributed by atoms with Crippen molar-refractivity contribution in [3.63, 3.8) is 0 Å². The minimum absolute atomic E-state index is 0.0365. The van der Waals surface area contributed by atoms with Gasteiger partial charge in [-0.2, -0.15) is 5.10 Å². The van der Waals surface area contributed by atoms with Crippen molar-refractivity contribution < 1.29 is 14.3 Å². The van der Waals surface area contributed by atoms with E-state index in [4.69, 9.17) is 21.1 Å². The first-order valence-corrected chi connectivity index (χ1v) is 10.00. The normalized spacial score (nSPS) is 17.5. The summed E-state index contributed by atoms with van der Waals surface area (Å²) in [7, 11) is 1.86. The summed E-state index contributed by atoms with van der Waals surface area (Å²) in [5.41, 5.74) is 2.67. The van der Waals surface area contributed by atoms with Crippen LogP contribution in [0.15, 0.2) is 18.2 Å². The Bertz CT molecular complexity index is 883. The Balaban J connectivity index is 1.41. The molecule has 0 spiro atoms. The topological polar surface area (TPSA) is 59.8 Å². The lowest BCUT2D eigenvalue weighted by Crippen LogP contribution is -2.35. The van der Waals surface area contributed by atoms with E-state index in [1.165, 1.54) is 0 Å². The molecule has 28 heavy (non-hydrogen) atoms. The molecule has 1 saturated heterocycles. The number of fused-ring (bicyclic) bond motifs is 1. The van der Waals surface area contributed by atoms with E-state index >= 15 is 0 Å². The highest BCUT2D eigenvalue weighted by atomic mass is 35.5. The monoisotopic (exact) mass is 404 g/mol. The Kier molecular flexibility index (Phi) is 5.46. The van der Waals surface area contributed by atoms with Gasteiger partial charge >= 0.3 is 0 Å². The Morgan fingerprint density at radius 2 is 1.93 bits per heavy atom. The standard InChI is InChI=1S/C20H25ClN4O3/c1-14-16(19(21)23(2)22-14)13-24-6-3-7-25(9-8-24)20(26)15-4-5-17-18(12-15)28-11-10-27-17/h4-5,12H,3,6-11,13H2,1-2H3. The van der Waals surface area contributed by atoms with Crippen LogP contribution < -0.4 is 9.47 Å². The zero-order valence-corrected chi connectivity index (χ0v) is 17.0. The maximum atomic E-state index is 13.0. The fourth-order valence-electron chi connectivity index (χ4n) is 3.77. The van der Waals surface area contributed by atoms with Gasteiger partial charge in [-0.1, -0.05) is 11.6 Å². The van der Waals surface area contributed by atoms with E-state index in [1.807, 2.05) is 31.0 Å². The lowest BCUT2D eigenvalue weighted by molar-refractivity contribution is 0.0760. The van der Waals surface area contributed by atoms with Gasteiger partial charge in [0.2, 0.25) is 0 Å². The summed E-state index contributed by atoms with van der Waals surface area (Å²) in [5, 5.41) is 5.08. The zero-order valence-electron chi connectivity index (χ0n) is 16.3. The van der Waals surface area contributed by atoms with Crippen molar-refractivity contribution in [2.75, 3.05) is 39.4 Å². The van der Waals surface area contributed by atoms with Crippen LogP contribution in [0.3, 0.4) is 0 Å². The molecule has 7 nitrogen and oxygen atoms in total. The van der Waals surface area contributed by atoms with Crippen LogP contribution in [0.5, 0.6) is 11.5 Å². The first kappa shape index (κ1) is 19.1. The molecular weight excluding hydrogens is 380 g/mol. The Morgan fingerprint density at radius 1 is 1.14 bits per heavy atom. The van der Waals surface area contributed by atoms with Crippen LogP contribution in [-0.4, -0.2) is 64.9 Å². The third-order valence-electron chi connectivity index (χ3n) is 5.32. The Labute approximate surface area is 169 Å². The second-order valence-corrected chi connectivity index (χ2v) is 7.62. The van der Waals surface area contributed by atoms with Crippen molar-refractivity contribution in [1.29, 1.82) is 0 Å². The van der Waals surface area contributed by atoms with Crippen LogP contribution >= 0.6 is 11.6 Å². The van der Waals surface area contributed by atoms with Gasteiger partial charge in [0.1, 0.15) is 18.4 Å². The van der Waals surface area contributed by atoms with Gasteiger partial charge in [-0.3, -0.25) is 14.4 Å². The molecular formula is C20H25ClN4O3. The number of halogens is 1. The second kappa shape index (κ2) is 8.01. The number of amides is 1. The van der Waals surface area contributed by atoms with Crippen molar-refractivity contribution >= 4 is 17.5 Å². The lowest BCUT2D eigenvalue weighted by atomic mass is 10.1. The van der Waals surface area contributed by atoms with E-state index in [0.29, 0.717) is 42.0 Å². The molecule has 1 fully saturated rings. The fourth-order valence-corrected chi connectivity index (χ4v) is 4.00. The van der Waals surface area contributed by atoms with E-state index in [-0.39, 0.29) is 5.91 Å². The van der Waals surface area contributed by atoms with Gasteiger partial charge in [0.05, 0.1) is 5.69 Å². The molecule has 0 unspecified atom stereocenters. The highest BCUT2D eigenvalue weighted by Gasteiger charge is 2.23. The van der Waals surface area contributed by atoms with E-state index < -0.39 is 0 Å². The minimum atomic E-state index is 0.0365. The maximum absolute atomic E-state index is 13.0. The first-order valence-electron chi connectivity index (χ1n) is 9.62. The fraction of sp³-hybridized carbons (Fsp3) is 0.500. The molecule has 0 aliphatic carbocycles. The predicted molar refractivity (Wildman–Crippen MR) is 106 cm³/mol. The SMILES string of the molecule is Cc1nn(C)c(Cl)c1CN1CCCN(C(=O)c2ccc3c(c2)OCCO3)CC1. The third kappa shape index (κ3) is 3.82.